The first kappa shape index (κ1) is 27.5. The summed E-state index contributed by atoms with van der Waals surface area (Å²) >= 11 is 0. The van der Waals surface area contributed by atoms with Crippen LogP contribution in [0.4, 0.5) is 0 Å². The molecule has 2 fully saturated rings. The average Bonchev–Trinajstić information content (AvgIpc) is 3.16. The normalized spacial score (nSPS) is 22.8. The number of piperidine rings is 1. The summed E-state index contributed by atoms with van der Waals surface area (Å²) in [6.07, 6.45) is 4.04. The lowest BCUT2D eigenvalue weighted by Gasteiger charge is -2.43. The van der Waals surface area contributed by atoms with Crippen molar-refractivity contribution in [2.45, 2.75) is 44.5 Å². The van der Waals surface area contributed by atoms with E-state index in [1.165, 1.54) is 6.08 Å². The van der Waals surface area contributed by atoms with Crippen molar-refractivity contribution in [2.24, 2.45) is 11.1 Å². The molecule has 4 rings (SSSR count). The Morgan fingerprint density at radius 2 is 1.82 bits per heavy atom. The van der Waals surface area contributed by atoms with Gasteiger partial charge in [0.1, 0.15) is 6.04 Å². The molecule has 2 aliphatic heterocycles. The third-order valence-electron chi connectivity index (χ3n) is 7.14. The molecule has 2 saturated heterocycles. The molecule has 4 N–H and O–H groups in total. The van der Waals surface area contributed by atoms with Gasteiger partial charge in [-0.25, -0.2) is 5.43 Å². The summed E-state index contributed by atoms with van der Waals surface area (Å²) in [7, 11) is 1.73. The van der Waals surface area contributed by atoms with Gasteiger partial charge in [0.15, 0.2) is 0 Å². The van der Waals surface area contributed by atoms with Gasteiger partial charge in [-0.05, 0) is 30.9 Å². The van der Waals surface area contributed by atoms with Crippen LogP contribution in [-0.4, -0.2) is 72.5 Å². The molecule has 0 radical (unpaired) electrons. The minimum Gasteiger partial charge on any atom is -0.374 e. The number of likely N-dealkylation sites (tertiary alicyclic amines) is 1. The van der Waals surface area contributed by atoms with Gasteiger partial charge in [0.25, 0.3) is 0 Å². The number of hydrogen-bond donors (Lipinski definition) is 3. The summed E-state index contributed by atoms with van der Waals surface area (Å²) in [6.45, 7) is 2.79. The first-order valence-corrected chi connectivity index (χ1v) is 13.0. The van der Waals surface area contributed by atoms with Crippen molar-refractivity contribution in [2.75, 3.05) is 26.7 Å². The van der Waals surface area contributed by atoms with Crippen molar-refractivity contribution < 1.29 is 19.1 Å². The second-order valence-electron chi connectivity index (χ2n) is 10.2. The van der Waals surface area contributed by atoms with E-state index in [1.807, 2.05) is 60.7 Å². The summed E-state index contributed by atoms with van der Waals surface area (Å²) in [5, 5.41) is 4.33. The minimum absolute atomic E-state index is 0.00317. The van der Waals surface area contributed by atoms with Gasteiger partial charge in [0, 0.05) is 38.3 Å². The Kier molecular flexibility index (Phi) is 8.93. The lowest BCUT2D eigenvalue weighted by molar-refractivity contribution is -0.145. The van der Waals surface area contributed by atoms with Gasteiger partial charge in [0.05, 0.1) is 18.6 Å². The highest BCUT2D eigenvalue weighted by Gasteiger charge is 2.56. The molecular formula is C29H37N5O4. The number of nitrogens with one attached hydrogen (secondary N) is 2. The van der Waals surface area contributed by atoms with Crippen molar-refractivity contribution in [3.05, 3.63) is 83.9 Å². The molecule has 0 bridgehead atoms. The highest BCUT2D eigenvalue weighted by atomic mass is 16.5. The van der Waals surface area contributed by atoms with Crippen LogP contribution in [0, 0.1) is 5.41 Å². The zero-order valence-corrected chi connectivity index (χ0v) is 22.0. The standard InChI is InChI=1S/C29H37N5O4/c1-21(30)13-14-26(35)31-24(19-38-18-23-11-7-4-8-12-23)27(36)34-16-15-25-29(20-34,28(37)33(2)32-25)17-22-9-5-3-6-10-22/h3-14,21,24-25,32H,15-20,30H2,1-2H3,(H,31,35)/b14-13+. The summed E-state index contributed by atoms with van der Waals surface area (Å²) in [5.41, 5.74) is 10.2. The van der Waals surface area contributed by atoms with Crippen LogP contribution in [0.15, 0.2) is 72.8 Å². The predicted molar refractivity (Wildman–Crippen MR) is 144 cm³/mol. The second kappa shape index (κ2) is 12.3. The van der Waals surface area contributed by atoms with Crippen LogP contribution in [-0.2, 0) is 32.1 Å². The molecule has 0 spiro atoms. The molecular weight excluding hydrogens is 482 g/mol. The number of carbonyl (C=O) groups is 3. The van der Waals surface area contributed by atoms with Crippen molar-refractivity contribution in [1.82, 2.24) is 20.7 Å². The van der Waals surface area contributed by atoms with Crippen LogP contribution in [0.5, 0.6) is 0 Å². The number of benzene rings is 2. The van der Waals surface area contributed by atoms with E-state index in [9.17, 15) is 14.4 Å². The van der Waals surface area contributed by atoms with Gasteiger partial charge in [-0.1, -0.05) is 66.7 Å². The van der Waals surface area contributed by atoms with Gasteiger partial charge < -0.3 is 20.7 Å². The number of carbonyl (C=O) groups excluding carboxylic acids is 3. The molecule has 0 aliphatic carbocycles. The van der Waals surface area contributed by atoms with E-state index in [0.29, 0.717) is 26.0 Å². The van der Waals surface area contributed by atoms with E-state index >= 15 is 0 Å². The molecule has 38 heavy (non-hydrogen) atoms. The lowest BCUT2D eigenvalue weighted by Crippen LogP contribution is -2.60. The van der Waals surface area contributed by atoms with Crippen LogP contribution in [0.25, 0.3) is 0 Å². The largest absolute Gasteiger partial charge is 0.374 e. The molecule has 3 amide bonds. The number of nitrogens with zero attached hydrogens (tertiary/aromatic N) is 2. The van der Waals surface area contributed by atoms with Crippen molar-refractivity contribution in [3.63, 3.8) is 0 Å². The van der Waals surface area contributed by atoms with E-state index in [4.69, 9.17) is 10.5 Å². The van der Waals surface area contributed by atoms with Gasteiger partial charge in [-0.15, -0.1) is 0 Å². The van der Waals surface area contributed by atoms with Crippen LogP contribution < -0.4 is 16.5 Å². The van der Waals surface area contributed by atoms with Crippen molar-refractivity contribution in [3.8, 4) is 0 Å². The van der Waals surface area contributed by atoms with Crippen LogP contribution >= 0.6 is 0 Å². The fraction of sp³-hybridized carbons (Fsp3) is 0.414. The van der Waals surface area contributed by atoms with Gasteiger partial charge in [0.2, 0.25) is 17.7 Å². The average molecular weight is 520 g/mol. The quantitative estimate of drug-likeness (QED) is 0.409. The van der Waals surface area contributed by atoms with E-state index in [2.05, 4.69) is 10.7 Å². The number of fused-ring (bicyclic) bond motifs is 1. The minimum atomic E-state index is -0.906. The monoisotopic (exact) mass is 519 g/mol. The smallest absolute Gasteiger partial charge is 0.247 e. The number of ether oxygens (including phenoxy) is 1. The third kappa shape index (κ3) is 6.48. The van der Waals surface area contributed by atoms with Crippen LogP contribution in [0.3, 0.4) is 0 Å². The third-order valence-corrected chi connectivity index (χ3v) is 7.14. The highest BCUT2D eigenvalue weighted by molar-refractivity contribution is 5.93. The van der Waals surface area contributed by atoms with E-state index < -0.39 is 17.4 Å². The first-order chi connectivity index (χ1) is 18.3. The van der Waals surface area contributed by atoms with E-state index in [0.717, 1.165) is 11.1 Å². The van der Waals surface area contributed by atoms with E-state index in [1.54, 1.807) is 30.0 Å². The van der Waals surface area contributed by atoms with E-state index in [-0.39, 0.29) is 37.0 Å². The molecule has 2 aromatic carbocycles. The molecule has 202 valence electrons. The Balaban J connectivity index is 1.52. The Morgan fingerprint density at radius 1 is 1.16 bits per heavy atom. The van der Waals surface area contributed by atoms with Crippen molar-refractivity contribution >= 4 is 17.7 Å². The number of hydrazine groups is 1. The first-order valence-electron chi connectivity index (χ1n) is 13.0. The number of amides is 3. The van der Waals surface area contributed by atoms with Crippen molar-refractivity contribution in [1.29, 1.82) is 0 Å². The Bertz CT molecular complexity index is 1140. The molecule has 2 heterocycles. The lowest BCUT2D eigenvalue weighted by atomic mass is 9.72. The topological polar surface area (TPSA) is 117 Å². The molecule has 2 aliphatic rings. The molecule has 0 saturated carbocycles. The summed E-state index contributed by atoms with van der Waals surface area (Å²) in [4.78, 5) is 41.6. The number of hydrogen-bond acceptors (Lipinski definition) is 6. The zero-order chi connectivity index (χ0) is 27.1. The highest BCUT2D eigenvalue weighted by Crippen LogP contribution is 2.39. The number of rotatable bonds is 10. The fourth-order valence-electron chi connectivity index (χ4n) is 5.25. The Labute approximate surface area is 224 Å². The summed E-state index contributed by atoms with van der Waals surface area (Å²) < 4.78 is 5.87. The zero-order valence-electron chi connectivity index (χ0n) is 22.0. The Morgan fingerprint density at radius 3 is 2.47 bits per heavy atom. The summed E-state index contributed by atoms with van der Waals surface area (Å²) in [6, 6.07) is 18.2. The maximum atomic E-state index is 13.8. The maximum absolute atomic E-state index is 13.8. The Hall–Kier alpha value is -3.53. The molecule has 4 atom stereocenters. The number of nitrogens with two attached hydrogens (primary N) is 1. The van der Waals surface area contributed by atoms with Crippen LogP contribution in [0.1, 0.15) is 24.5 Å². The molecule has 4 unspecified atom stereocenters. The van der Waals surface area contributed by atoms with Gasteiger partial charge in [-0.3, -0.25) is 19.4 Å². The second-order valence-corrected chi connectivity index (χ2v) is 10.2. The van der Waals surface area contributed by atoms with Crippen LogP contribution in [0.2, 0.25) is 0 Å². The molecule has 0 aromatic heterocycles. The summed E-state index contributed by atoms with van der Waals surface area (Å²) in [5.74, 6) is -0.727. The maximum Gasteiger partial charge on any atom is 0.247 e. The fourth-order valence-corrected chi connectivity index (χ4v) is 5.25. The SMILES string of the molecule is CC(N)/C=C/C(=O)NC(COCc1ccccc1)C(=O)N1CCC2NN(C)C(=O)C2(Cc2ccccc2)C1. The predicted octanol–water partition coefficient (Wildman–Crippen LogP) is 1.40. The molecule has 9 nitrogen and oxygen atoms in total. The molecule has 2 aromatic rings. The molecule has 9 heteroatoms. The van der Waals surface area contributed by atoms with Gasteiger partial charge in [-0.2, -0.15) is 0 Å². The van der Waals surface area contributed by atoms with Gasteiger partial charge >= 0.3 is 0 Å².